The molecule has 102 valence electrons. The summed E-state index contributed by atoms with van der Waals surface area (Å²) >= 11 is 1.60. The minimum atomic E-state index is -0.228. The van der Waals surface area contributed by atoms with Crippen LogP contribution in [0.4, 0.5) is 5.69 Å². The van der Waals surface area contributed by atoms with Crippen LogP contribution in [0.2, 0.25) is 0 Å². The Morgan fingerprint density at radius 1 is 1.58 bits per heavy atom. The van der Waals surface area contributed by atoms with Gasteiger partial charge < -0.3 is 11.1 Å². The zero-order valence-electron chi connectivity index (χ0n) is 11.2. The van der Waals surface area contributed by atoms with Crippen LogP contribution >= 0.6 is 11.3 Å². The maximum atomic E-state index is 12.1. The van der Waals surface area contributed by atoms with E-state index in [1.54, 1.807) is 25.3 Å². The average molecular weight is 279 g/mol. The number of carbonyl (C=O) groups excluding carboxylic acids is 1. The first kappa shape index (κ1) is 13.5. The van der Waals surface area contributed by atoms with Crippen LogP contribution in [0.1, 0.15) is 33.0 Å². The van der Waals surface area contributed by atoms with E-state index in [0.717, 1.165) is 11.4 Å². The summed E-state index contributed by atoms with van der Waals surface area (Å²) in [6.45, 7) is 4.27. The molecular formula is C12H17N5OS. The van der Waals surface area contributed by atoms with E-state index in [4.69, 9.17) is 5.73 Å². The molecule has 0 atom stereocenters. The van der Waals surface area contributed by atoms with E-state index in [1.807, 2.05) is 6.20 Å². The van der Waals surface area contributed by atoms with E-state index in [0.29, 0.717) is 23.6 Å². The molecule has 0 radical (unpaired) electrons. The lowest BCUT2D eigenvalue weighted by molar-refractivity contribution is 0.0942. The highest BCUT2D eigenvalue weighted by atomic mass is 32.1. The van der Waals surface area contributed by atoms with Gasteiger partial charge in [-0.3, -0.25) is 9.48 Å². The summed E-state index contributed by atoms with van der Waals surface area (Å²) in [5.41, 5.74) is 7.32. The number of nitrogens with two attached hydrogens (primary N) is 1. The van der Waals surface area contributed by atoms with Gasteiger partial charge in [0.2, 0.25) is 0 Å². The molecule has 0 fully saturated rings. The highest BCUT2D eigenvalue weighted by Crippen LogP contribution is 2.16. The van der Waals surface area contributed by atoms with Gasteiger partial charge in [0.25, 0.3) is 5.91 Å². The number of anilines is 1. The second-order valence-corrected chi connectivity index (χ2v) is 5.43. The SMILES string of the molecule is CCc1cnc(CNC(=O)c2c(N)c(C)nn2C)s1. The second kappa shape index (κ2) is 5.40. The quantitative estimate of drug-likeness (QED) is 0.882. The molecule has 0 saturated heterocycles. The molecule has 0 unspecified atom stereocenters. The van der Waals surface area contributed by atoms with Crippen LogP contribution in [0.5, 0.6) is 0 Å². The topological polar surface area (TPSA) is 85.8 Å². The first-order valence-corrected chi connectivity index (χ1v) is 6.85. The zero-order chi connectivity index (χ0) is 14.0. The van der Waals surface area contributed by atoms with Gasteiger partial charge in [0.05, 0.1) is 17.9 Å². The van der Waals surface area contributed by atoms with Crippen molar-refractivity contribution in [1.29, 1.82) is 0 Å². The predicted molar refractivity (Wildman–Crippen MR) is 75.0 cm³/mol. The van der Waals surface area contributed by atoms with Crippen molar-refractivity contribution in [3.8, 4) is 0 Å². The maximum absolute atomic E-state index is 12.1. The Morgan fingerprint density at radius 3 is 2.84 bits per heavy atom. The van der Waals surface area contributed by atoms with Crippen molar-refractivity contribution < 1.29 is 4.79 Å². The number of nitrogens with one attached hydrogen (secondary N) is 1. The number of thiazole rings is 1. The van der Waals surface area contributed by atoms with Crippen molar-refractivity contribution in [3.05, 3.63) is 27.5 Å². The number of nitrogen functional groups attached to an aromatic ring is 1. The Hall–Kier alpha value is -1.89. The molecule has 0 bridgehead atoms. The van der Waals surface area contributed by atoms with Gasteiger partial charge in [-0.25, -0.2) is 4.98 Å². The summed E-state index contributed by atoms with van der Waals surface area (Å²) in [5, 5.41) is 7.83. The molecule has 0 saturated carbocycles. The highest BCUT2D eigenvalue weighted by molar-refractivity contribution is 7.11. The second-order valence-electron chi connectivity index (χ2n) is 4.23. The van der Waals surface area contributed by atoms with Crippen LogP contribution in [0.3, 0.4) is 0 Å². The smallest absolute Gasteiger partial charge is 0.272 e. The summed E-state index contributed by atoms with van der Waals surface area (Å²) in [5.74, 6) is -0.228. The summed E-state index contributed by atoms with van der Waals surface area (Å²) in [6, 6.07) is 0. The molecule has 3 N–H and O–H groups in total. The zero-order valence-corrected chi connectivity index (χ0v) is 12.0. The Morgan fingerprint density at radius 2 is 2.32 bits per heavy atom. The number of carbonyl (C=O) groups is 1. The summed E-state index contributed by atoms with van der Waals surface area (Å²) in [7, 11) is 1.71. The van der Waals surface area contributed by atoms with Crippen molar-refractivity contribution in [2.75, 3.05) is 5.73 Å². The van der Waals surface area contributed by atoms with E-state index < -0.39 is 0 Å². The molecular weight excluding hydrogens is 262 g/mol. The van der Waals surface area contributed by atoms with Crippen molar-refractivity contribution in [2.24, 2.45) is 7.05 Å². The lowest BCUT2D eigenvalue weighted by Gasteiger charge is -2.04. The van der Waals surface area contributed by atoms with Gasteiger partial charge in [-0.15, -0.1) is 11.3 Å². The lowest BCUT2D eigenvalue weighted by Crippen LogP contribution is -2.26. The normalized spacial score (nSPS) is 10.7. The number of hydrogen-bond donors (Lipinski definition) is 2. The van der Waals surface area contributed by atoms with Crippen LogP contribution in [0, 0.1) is 6.92 Å². The van der Waals surface area contributed by atoms with E-state index in [9.17, 15) is 4.79 Å². The third kappa shape index (κ3) is 2.76. The van der Waals surface area contributed by atoms with Crippen LogP contribution in [0.25, 0.3) is 0 Å². The van der Waals surface area contributed by atoms with Crippen LogP contribution in [0.15, 0.2) is 6.20 Å². The number of amides is 1. The molecule has 2 rings (SSSR count). The molecule has 1 amide bonds. The molecule has 0 aliphatic rings. The van der Waals surface area contributed by atoms with Crippen LogP contribution < -0.4 is 11.1 Å². The molecule has 2 aromatic rings. The maximum Gasteiger partial charge on any atom is 0.272 e. The minimum absolute atomic E-state index is 0.228. The molecule has 0 aliphatic carbocycles. The first-order chi connectivity index (χ1) is 9.02. The third-order valence-electron chi connectivity index (χ3n) is 2.83. The highest BCUT2D eigenvalue weighted by Gasteiger charge is 2.17. The number of hydrogen-bond acceptors (Lipinski definition) is 5. The van der Waals surface area contributed by atoms with Crippen molar-refractivity contribution in [2.45, 2.75) is 26.8 Å². The van der Waals surface area contributed by atoms with Gasteiger partial charge in [0, 0.05) is 18.1 Å². The third-order valence-corrected chi connectivity index (χ3v) is 3.98. The molecule has 19 heavy (non-hydrogen) atoms. The lowest BCUT2D eigenvalue weighted by atomic mass is 10.3. The fraction of sp³-hybridized carbons (Fsp3) is 0.417. The molecule has 2 aromatic heterocycles. The average Bonchev–Trinajstić information content (AvgIpc) is 2.93. The van der Waals surface area contributed by atoms with Crippen molar-refractivity contribution in [3.63, 3.8) is 0 Å². The largest absolute Gasteiger partial charge is 0.395 e. The van der Waals surface area contributed by atoms with E-state index >= 15 is 0 Å². The van der Waals surface area contributed by atoms with Gasteiger partial charge >= 0.3 is 0 Å². The number of aryl methyl sites for hydroxylation is 3. The Bertz CT molecular complexity index is 601. The summed E-state index contributed by atoms with van der Waals surface area (Å²) in [6.07, 6.45) is 2.80. The Balaban J connectivity index is 2.05. The molecule has 6 nitrogen and oxygen atoms in total. The minimum Gasteiger partial charge on any atom is -0.395 e. The monoisotopic (exact) mass is 279 g/mol. The van der Waals surface area contributed by atoms with E-state index in [-0.39, 0.29) is 5.91 Å². The molecule has 7 heteroatoms. The molecule has 0 spiro atoms. The van der Waals surface area contributed by atoms with Gasteiger partial charge in [0.1, 0.15) is 10.7 Å². The van der Waals surface area contributed by atoms with E-state index in [1.165, 1.54) is 9.56 Å². The van der Waals surface area contributed by atoms with Gasteiger partial charge in [0.15, 0.2) is 0 Å². The van der Waals surface area contributed by atoms with Gasteiger partial charge in [-0.1, -0.05) is 6.92 Å². The van der Waals surface area contributed by atoms with Crippen LogP contribution in [-0.4, -0.2) is 20.7 Å². The van der Waals surface area contributed by atoms with Crippen molar-refractivity contribution >= 4 is 22.9 Å². The predicted octanol–water partition coefficient (Wildman–Crippen LogP) is 1.26. The van der Waals surface area contributed by atoms with E-state index in [2.05, 4.69) is 22.3 Å². The van der Waals surface area contributed by atoms with Gasteiger partial charge in [-0.2, -0.15) is 5.10 Å². The summed E-state index contributed by atoms with van der Waals surface area (Å²) < 4.78 is 1.50. The standard InChI is InChI=1S/C12H17N5OS/c1-4-8-5-14-9(19-8)6-15-12(18)11-10(13)7(2)16-17(11)3/h5H,4,6,13H2,1-3H3,(H,15,18). The molecule has 0 aromatic carbocycles. The number of rotatable bonds is 4. The Kier molecular flexibility index (Phi) is 3.84. The van der Waals surface area contributed by atoms with Crippen LogP contribution in [-0.2, 0) is 20.0 Å². The first-order valence-electron chi connectivity index (χ1n) is 6.03. The fourth-order valence-corrected chi connectivity index (χ4v) is 2.58. The number of aromatic nitrogens is 3. The summed E-state index contributed by atoms with van der Waals surface area (Å²) in [4.78, 5) is 17.5. The molecule has 0 aliphatic heterocycles. The molecule has 2 heterocycles. The Labute approximate surface area is 115 Å². The fourth-order valence-electron chi connectivity index (χ4n) is 1.78. The van der Waals surface area contributed by atoms with Gasteiger partial charge in [-0.05, 0) is 13.3 Å². The number of nitrogens with zero attached hydrogens (tertiary/aromatic N) is 3. The van der Waals surface area contributed by atoms with Crippen molar-refractivity contribution in [1.82, 2.24) is 20.1 Å².